The van der Waals surface area contributed by atoms with Crippen LogP contribution < -0.4 is 22.1 Å². The highest BCUT2D eigenvalue weighted by Crippen LogP contribution is 2.26. The first kappa shape index (κ1) is 23.5. The van der Waals surface area contributed by atoms with E-state index in [-0.39, 0.29) is 5.92 Å². The molecular weight excluding hydrogens is 412 g/mol. The summed E-state index contributed by atoms with van der Waals surface area (Å²) in [5.74, 6) is 1.11. The van der Waals surface area contributed by atoms with Crippen LogP contribution in [0.5, 0.6) is 0 Å². The molecule has 0 bridgehead atoms. The molecule has 1 aromatic rings. The highest BCUT2D eigenvalue weighted by molar-refractivity contribution is 5.98. The van der Waals surface area contributed by atoms with Crippen LogP contribution in [0, 0.1) is 18.3 Å². The van der Waals surface area contributed by atoms with Gasteiger partial charge in [0, 0.05) is 54.3 Å². The fourth-order valence-corrected chi connectivity index (χ4v) is 3.37. The Labute approximate surface area is 194 Å². The maximum absolute atomic E-state index is 7.53. The smallest absolute Gasteiger partial charge is 0.132 e. The maximum atomic E-state index is 7.53. The third-order valence-corrected chi connectivity index (χ3v) is 5.20. The van der Waals surface area contributed by atoms with Crippen molar-refractivity contribution < 1.29 is 0 Å². The van der Waals surface area contributed by atoms with Crippen LogP contribution >= 0.6 is 0 Å². The monoisotopic (exact) mass is 442 g/mol. The van der Waals surface area contributed by atoms with E-state index < -0.39 is 0 Å². The second kappa shape index (κ2) is 10.4. The van der Waals surface area contributed by atoms with Crippen molar-refractivity contribution >= 4 is 24.0 Å². The van der Waals surface area contributed by atoms with Gasteiger partial charge in [0.25, 0.3) is 0 Å². The van der Waals surface area contributed by atoms with E-state index in [0.717, 1.165) is 39.4 Å². The summed E-state index contributed by atoms with van der Waals surface area (Å²) in [7, 11) is 1.71. The van der Waals surface area contributed by atoms with E-state index in [9.17, 15) is 0 Å². The summed E-state index contributed by atoms with van der Waals surface area (Å²) >= 11 is 0. The molecule has 0 saturated carbocycles. The van der Waals surface area contributed by atoms with Crippen LogP contribution in [0.2, 0.25) is 0 Å². The lowest BCUT2D eigenvalue weighted by molar-refractivity contribution is 0.806. The molecule has 33 heavy (non-hydrogen) atoms. The minimum absolute atomic E-state index is 0.188. The Bertz CT molecular complexity index is 1190. The molecule has 0 saturated heterocycles. The lowest BCUT2D eigenvalue weighted by Crippen LogP contribution is -2.27. The quantitative estimate of drug-likeness (QED) is 0.326. The first-order valence-corrected chi connectivity index (χ1v) is 10.6. The summed E-state index contributed by atoms with van der Waals surface area (Å²) in [5.41, 5.74) is 19.1. The minimum atomic E-state index is 0.188. The molecule has 3 rings (SSSR count). The molecular formula is C25H30N8. The minimum Gasteiger partial charge on any atom is -0.398 e. The molecule has 0 atom stereocenters. The number of pyridine rings is 1. The lowest BCUT2D eigenvalue weighted by atomic mass is 9.97. The Kier molecular flexibility index (Phi) is 7.40. The van der Waals surface area contributed by atoms with Gasteiger partial charge in [0.1, 0.15) is 11.7 Å². The van der Waals surface area contributed by atoms with Gasteiger partial charge in [-0.15, -0.1) is 0 Å². The summed E-state index contributed by atoms with van der Waals surface area (Å²) < 4.78 is 0. The van der Waals surface area contributed by atoms with Crippen LogP contribution in [0.4, 0.5) is 0 Å². The van der Waals surface area contributed by atoms with Crippen molar-refractivity contribution in [2.75, 3.05) is 7.05 Å². The Hall–Kier alpha value is -4.20. The van der Waals surface area contributed by atoms with E-state index in [2.05, 4.69) is 25.6 Å². The largest absolute Gasteiger partial charge is 0.398 e. The Morgan fingerprint density at radius 1 is 1.21 bits per heavy atom. The van der Waals surface area contributed by atoms with Crippen molar-refractivity contribution in [3.05, 3.63) is 94.0 Å². The van der Waals surface area contributed by atoms with Crippen LogP contribution in [0.3, 0.4) is 0 Å². The van der Waals surface area contributed by atoms with Crippen LogP contribution in [-0.2, 0) is 0 Å². The van der Waals surface area contributed by atoms with Crippen molar-refractivity contribution in [2.24, 2.45) is 27.4 Å². The predicted molar refractivity (Wildman–Crippen MR) is 136 cm³/mol. The highest BCUT2D eigenvalue weighted by Gasteiger charge is 2.19. The fraction of sp³-hybridized carbons (Fsp3) is 0.200. The van der Waals surface area contributed by atoms with E-state index in [4.69, 9.17) is 16.9 Å². The van der Waals surface area contributed by atoms with E-state index in [1.807, 2.05) is 57.3 Å². The van der Waals surface area contributed by atoms with Crippen LogP contribution in [0.15, 0.2) is 92.8 Å². The Morgan fingerprint density at radius 2 is 2.00 bits per heavy atom. The zero-order chi connectivity index (χ0) is 24.0. The Balaban J connectivity index is 1.93. The predicted octanol–water partition coefficient (Wildman–Crippen LogP) is 3.05. The number of hydrogen-bond acceptors (Lipinski definition) is 7. The third kappa shape index (κ3) is 5.54. The first-order chi connectivity index (χ1) is 15.8. The maximum Gasteiger partial charge on any atom is 0.132 e. The van der Waals surface area contributed by atoms with E-state index in [1.54, 1.807) is 25.5 Å². The van der Waals surface area contributed by atoms with Gasteiger partial charge in [-0.3, -0.25) is 9.98 Å². The highest BCUT2D eigenvalue weighted by atomic mass is 15.1. The van der Waals surface area contributed by atoms with Gasteiger partial charge in [-0.2, -0.15) is 0 Å². The summed E-state index contributed by atoms with van der Waals surface area (Å²) in [6, 6.07) is 3.81. The summed E-state index contributed by atoms with van der Waals surface area (Å²) in [6.45, 7) is 5.94. The second-order valence-corrected chi connectivity index (χ2v) is 7.89. The molecule has 8 heteroatoms. The van der Waals surface area contributed by atoms with E-state index >= 15 is 0 Å². The molecule has 8 nitrogen and oxygen atoms in total. The van der Waals surface area contributed by atoms with Crippen molar-refractivity contribution in [1.29, 1.82) is 5.41 Å². The van der Waals surface area contributed by atoms with E-state index in [0.29, 0.717) is 17.4 Å². The molecule has 1 aromatic heterocycles. The molecule has 2 aliphatic heterocycles. The number of rotatable bonds is 7. The summed E-state index contributed by atoms with van der Waals surface area (Å²) in [5, 5.41) is 14.1. The fourth-order valence-electron chi connectivity index (χ4n) is 3.37. The average molecular weight is 443 g/mol. The molecule has 170 valence electrons. The van der Waals surface area contributed by atoms with Gasteiger partial charge in [0.05, 0.1) is 17.1 Å². The molecule has 7 N–H and O–H groups in total. The number of aryl methyl sites for hydroxylation is 1. The molecule has 0 aromatic carbocycles. The number of fused-ring (bicyclic) bond motifs is 1. The second-order valence-electron chi connectivity index (χ2n) is 7.89. The number of nitrogens with zero attached hydrogens (tertiary/aromatic N) is 3. The van der Waals surface area contributed by atoms with Gasteiger partial charge in [-0.25, -0.2) is 4.99 Å². The van der Waals surface area contributed by atoms with Crippen molar-refractivity contribution in [2.45, 2.75) is 20.8 Å². The number of dihydropyridines is 2. The molecule has 0 aliphatic carbocycles. The van der Waals surface area contributed by atoms with Crippen molar-refractivity contribution in [1.82, 2.24) is 15.6 Å². The van der Waals surface area contributed by atoms with Crippen molar-refractivity contribution in [3.8, 4) is 0 Å². The number of aromatic nitrogens is 1. The van der Waals surface area contributed by atoms with Crippen LogP contribution in [0.25, 0.3) is 5.70 Å². The van der Waals surface area contributed by atoms with Gasteiger partial charge in [-0.1, -0.05) is 13.8 Å². The zero-order valence-electron chi connectivity index (χ0n) is 19.3. The standard InChI is InChI=1S/C25H30N8/c1-15(2)17(12-26)11-23(27)33-24-8-7-21-22(32-24)10-18(13-31-21)20(14-29-4)25(28)19-6-5-9-30-16(19)3/h5-15,26,31-32H,28H2,1-4H3,(H2,27,33). The number of hydrogen-bond donors (Lipinski definition) is 5. The van der Waals surface area contributed by atoms with Crippen LogP contribution in [-0.4, -0.2) is 30.3 Å². The number of allylic oxidation sites excluding steroid dienone is 6. The molecule has 0 fully saturated rings. The van der Waals surface area contributed by atoms with Gasteiger partial charge >= 0.3 is 0 Å². The topological polar surface area (TPSA) is 138 Å². The van der Waals surface area contributed by atoms with Gasteiger partial charge in [-0.05, 0) is 54.9 Å². The number of amidine groups is 1. The van der Waals surface area contributed by atoms with Crippen molar-refractivity contribution in [3.63, 3.8) is 0 Å². The average Bonchev–Trinajstić information content (AvgIpc) is 2.80. The Morgan fingerprint density at radius 3 is 2.67 bits per heavy atom. The SMILES string of the molecule is CN=CC(C1=CNC2=CC=C(N=C(N)C=C(C=N)C(C)C)NC2=C1)=C(N)c1cccnc1C. The van der Waals surface area contributed by atoms with E-state index in [1.165, 1.54) is 6.21 Å². The molecule has 0 unspecified atom stereocenters. The van der Waals surface area contributed by atoms with Gasteiger partial charge in [0.2, 0.25) is 0 Å². The summed E-state index contributed by atoms with van der Waals surface area (Å²) in [4.78, 5) is 13.0. The molecule has 0 amide bonds. The molecule has 3 heterocycles. The number of nitrogens with one attached hydrogen (secondary N) is 3. The zero-order valence-corrected chi connectivity index (χ0v) is 19.3. The molecule has 0 radical (unpaired) electrons. The third-order valence-electron chi connectivity index (χ3n) is 5.20. The van der Waals surface area contributed by atoms with Crippen LogP contribution in [0.1, 0.15) is 25.1 Å². The van der Waals surface area contributed by atoms with Gasteiger partial charge < -0.3 is 27.5 Å². The first-order valence-electron chi connectivity index (χ1n) is 10.6. The molecule has 2 aliphatic rings. The lowest BCUT2D eigenvalue weighted by Gasteiger charge is -2.24. The normalized spacial score (nSPS) is 17.2. The van der Waals surface area contributed by atoms with Gasteiger partial charge in [0.15, 0.2) is 0 Å². The number of nitrogens with two attached hydrogens (primary N) is 2. The molecule has 0 spiro atoms. The number of aliphatic imine (C=N–C) groups is 2. The summed E-state index contributed by atoms with van der Waals surface area (Å²) in [6.07, 6.45) is 14.2.